The summed E-state index contributed by atoms with van der Waals surface area (Å²) in [6.07, 6.45) is -5.81. The molecule has 1 fully saturated rings. The Morgan fingerprint density at radius 1 is 1.25 bits per heavy atom. The number of rotatable bonds is 2. The molecule has 0 amide bonds. The lowest BCUT2D eigenvalue weighted by molar-refractivity contribution is -0.343. The van der Waals surface area contributed by atoms with Gasteiger partial charge in [-0.3, -0.25) is 0 Å². The Hall–Kier alpha value is -0.610. The predicted octanol–water partition coefficient (Wildman–Crippen LogP) is 0.572. The van der Waals surface area contributed by atoms with E-state index in [2.05, 4.69) is 4.98 Å². The lowest BCUT2D eigenvalue weighted by atomic mass is 9.80. The fourth-order valence-electron chi connectivity index (χ4n) is 2.87. The van der Waals surface area contributed by atoms with Gasteiger partial charge in [0.05, 0.1) is 16.2 Å². The lowest BCUT2D eigenvalue weighted by Gasteiger charge is -2.51. The molecule has 0 spiro atoms. The molecule has 132 valence electrons. The number of aliphatic hydroxyl groups is 5. The van der Waals surface area contributed by atoms with Crippen LogP contribution in [0, 0.1) is 0 Å². The number of aromatic amines is 1. The molecule has 2 heterocycles. The molecule has 1 aliphatic heterocycles. The van der Waals surface area contributed by atoms with Crippen LogP contribution in [0.1, 0.15) is 5.69 Å². The molecule has 1 saturated heterocycles. The van der Waals surface area contributed by atoms with Crippen LogP contribution in [-0.4, -0.2) is 59.6 Å². The zero-order valence-electron chi connectivity index (χ0n) is 11.9. The molecular weight excluding hydrogens is 385 g/mol. The summed E-state index contributed by atoms with van der Waals surface area (Å²) in [4.78, 5) is 2.76. The number of hydrogen-bond acceptors (Lipinski definition) is 6. The van der Waals surface area contributed by atoms with Crippen LogP contribution in [0.25, 0.3) is 10.9 Å². The van der Waals surface area contributed by atoms with Crippen LogP contribution in [-0.2, 0) is 10.3 Å². The number of fused-ring (bicyclic) bond motifs is 1. The molecule has 7 nitrogen and oxygen atoms in total. The summed E-state index contributed by atoms with van der Waals surface area (Å²) < 4.78 is 4.83. The predicted molar refractivity (Wildman–Crippen MR) is 86.8 cm³/mol. The van der Waals surface area contributed by atoms with Gasteiger partial charge in [-0.2, -0.15) is 0 Å². The third-order valence-corrected chi connectivity index (χ3v) is 5.21. The summed E-state index contributed by atoms with van der Waals surface area (Å²) in [7, 11) is 0. The van der Waals surface area contributed by atoms with Gasteiger partial charge in [-0.25, -0.2) is 0 Å². The van der Waals surface area contributed by atoms with Crippen molar-refractivity contribution in [2.75, 3.05) is 0 Å². The van der Waals surface area contributed by atoms with Crippen molar-refractivity contribution in [2.45, 2.75) is 34.7 Å². The molecule has 1 aliphatic rings. The maximum Gasteiger partial charge on any atom is 0.206 e. The molecule has 0 aliphatic carbocycles. The van der Waals surface area contributed by atoms with E-state index < -0.39 is 34.7 Å². The van der Waals surface area contributed by atoms with Gasteiger partial charge in [0, 0.05) is 5.39 Å². The number of para-hydroxylation sites is 1. The van der Waals surface area contributed by atoms with Gasteiger partial charge >= 0.3 is 0 Å². The van der Waals surface area contributed by atoms with Crippen LogP contribution >= 0.6 is 34.8 Å². The summed E-state index contributed by atoms with van der Waals surface area (Å²) in [5.74, 6) is 0. The summed E-state index contributed by atoms with van der Waals surface area (Å²) in [5.41, 5.74) is -4.23. The van der Waals surface area contributed by atoms with Crippen molar-refractivity contribution in [2.24, 2.45) is 0 Å². The van der Waals surface area contributed by atoms with Crippen LogP contribution in [0.3, 0.4) is 0 Å². The summed E-state index contributed by atoms with van der Waals surface area (Å²) in [6.45, 7) is 0. The number of aliphatic hydroxyl groups excluding tert-OH is 3. The normalized spacial score (nSPS) is 38.4. The van der Waals surface area contributed by atoms with Gasteiger partial charge in [0.15, 0.2) is 17.5 Å². The number of ether oxygens (including phenoxy) is 1. The van der Waals surface area contributed by atoms with E-state index in [0.29, 0.717) is 15.9 Å². The van der Waals surface area contributed by atoms with Gasteiger partial charge in [0.2, 0.25) is 5.06 Å². The Labute approximate surface area is 151 Å². The third kappa shape index (κ3) is 2.44. The maximum absolute atomic E-state index is 11.0. The number of hydrogen-bond donors (Lipinski definition) is 6. The molecule has 2 aromatic rings. The third-order valence-electron chi connectivity index (χ3n) is 4.16. The van der Waals surface area contributed by atoms with E-state index in [1.54, 1.807) is 18.2 Å². The second-order valence-electron chi connectivity index (χ2n) is 5.59. The van der Waals surface area contributed by atoms with E-state index in [1.165, 1.54) is 6.07 Å². The van der Waals surface area contributed by atoms with Crippen molar-refractivity contribution >= 4 is 45.7 Å². The second-order valence-corrected chi connectivity index (χ2v) is 7.02. The highest BCUT2D eigenvalue weighted by Crippen LogP contribution is 2.48. The van der Waals surface area contributed by atoms with Gasteiger partial charge in [0.25, 0.3) is 0 Å². The number of alkyl halides is 2. The number of H-pyrrole nitrogens is 1. The largest absolute Gasteiger partial charge is 0.384 e. The Balaban J connectivity index is 2.21. The Morgan fingerprint density at radius 2 is 1.92 bits per heavy atom. The minimum atomic E-state index is -2.76. The van der Waals surface area contributed by atoms with Crippen molar-refractivity contribution in [3.8, 4) is 0 Å². The number of aromatic nitrogens is 1. The molecule has 3 rings (SSSR count). The maximum atomic E-state index is 11.0. The summed E-state index contributed by atoms with van der Waals surface area (Å²) in [6, 6.07) is 6.34. The zero-order chi connectivity index (χ0) is 17.9. The molecule has 10 heteroatoms. The molecule has 1 unspecified atom stereocenters. The molecule has 0 bridgehead atoms. The molecule has 6 N–H and O–H groups in total. The molecule has 24 heavy (non-hydrogen) atoms. The molecule has 0 radical (unpaired) electrons. The van der Waals surface area contributed by atoms with Gasteiger partial charge in [0.1, 0.15) is 12.2 Å². The highest BCUT2D eigenvalue weighted by atomic mass is 35.5. The fraction of sp³-hybridized carbons (Fsp3) is 0.429. The first-order valence-corrected chi connectivity index (χ1v) is 8.05. The highest BCUT2D eigenvalue weighted by Gasteiger charge is 2.67. The highest BCUT2D eigenvalue weighted by molar-refractivity contribution is 6.35. The van der Waals surface area contributed by atoms with Crippen LogP contribution in [0.2, 0.25) is 5.02 Å². The van der Waals surface area contributed by atoms with Crippen LogP contribution in [0.5, 0.6) is 0 Å². The van der Waals surface area contributed by atoms with Crippen molar-refractivity contribution in [3.63, 3.8) is 0 Å². The Kier molecular flexibility index (Phi) is 4.53. The fourth-order valence-corrected chi connectivity index (χ4v) is 3.78. The number of benzene rings is 1. The van der Waals surface area contributed by atoms with E-state index in [1.807, 2.05) is 0 Å². The average Bonchev–Trinajstić information content (AvgIpc) is 2.94. The number of nitrogens with one attached hydrogen (secondary N) is 1. The molecule has 1 aromatic heterocycles. The van der Waals surface area contributed by atoms with Crippen LogP contribution in [0.4, 0.5) is 0 Å². The zero-order valence-corrected chi connectivity index (χ0v) is 14.2. The van der Waals surface area contributed by atoms with E-state index >= 15 is 0 Å². The van der Waals surface area contributed by atoms with Gasteiger partial charge in [-0.1, -0.05) is 46.9 Å². The van der Waals surface area contributed by atoms with E-state index in [9.17, 15) is 25.5 Å². The summed E-state index contributed by atoms with van der Waals surface area (Å²) in [5, 5.41) is 49.3. The topological polar surface area (TPSA) is 126 Å². The van der Waals surface area contributed by atoms with E-state index in [-0.39, 0.29) is 5.69 Å². The van der Waals surface area contributed by atoms with Crippen LogP contribution < -0.4 is 0 Å². The van der Waals surface area contributed by atoms with E-state index in [4.69, 9.17) is 39.5 Å². The van der Waals surface area contributed by atoms with Crippen molar-refractivity contribution in [1.82, 2.24) is 4.98 Å². The Bertz CT molecular complexity index is 766. The molecule has 0 saturated carbocycles. The molecule has 6 atom stereocenters. The molecule has 1 aromatic carbocycles. The lowest BCUT2D eigenvalue weighted by Crippen LogP contribution is -2.71. The van der Waals surface area contributed by atoms with Crippen molar-refractivity contribution < 1.29 is 30.3 Å². The monoisotopic (exact) mass is 397 g/mol. The van der Waals surface area contributed by atoms with Gasteiger partial charge in [-0.05, 0) is 12.1 Å². The molecular formula is C14H14Cl3NO6. The first-order valence-electron chi connectivity index (χ1n) is 6.85. The quantitative estimate of drug-likeness (QED) is 0.411. The van der Waals surface area contributed by atoms with E-state index in [0.717, 1.165) is 0 Å². The first kappa shape index (κ1) is 18.2. The van der Waals surface area contributed by atoms with Crippen LogP contribution in [0.15, 0.2) is 24.3 Å². The number of halogens is 3. The SMILES string of the molecule is OC(Cl)[C@H]1O[C@H](O)[C@@H](O)[C@](O)(c2cc3cccc(Cl)c3[nH]2)[C@@]1(O)Cl. The van der Waals surface area contributed by atoms with Gasteiger partial charge < -0.3 is 35.3 Å². The van der Waals surface area contributed by atoms with Crippen molar-refractivity contribution in [1.29, 1.82) is 0 Å². The Morgan fingerprint density at radius 3 is 2.50 bits per heavy atom. The van der Waals surface area contributed by atoms with Gasteiger partial charge in [-0.15, -0.1) is 0 Å². The summed E-state index contributed by atoms with van der Waals surface area (Å²) >= 11 is 17.6. The van der Waals surface area contributed by atoms with Crippen molar-refractivity contribution in [3.05, 3.63) is 35.0 Å². The minimum Gasteiger partial charge on any atom is -0.384 e. The minimum absolute atomic E-state index is 0.139. The standard InChI is InChI=1S/C14H14Cl3NO6/c15-6-3-1-2-5-4-7(18-8(5)6)13(22)9(19)12(21)24-10(11(16)20)14(13,17)23/h1-4,9-12,18-23H/t9-,10-,11?,12+,13-,14-/m1/s1. The second kappa shape index (κ2) is 5.98. The smallest absolute Gasteiger partial charge is 0.206 e. The average molecular weight is 399 g/mol. The first-order chi connectivity index (χ1) is 11.1.